The monoisotopic (exact) mass is 496 g/mol. The fourth-order valence-corrected chi connectivity index (χ4v) is 5.48. The van der Waals surface area contributed by atoms with Gasteiger partial charge < -0.3 is 10.2 Å². The molecule has 3 heterocycles. The van der Waals surface area contributed by atoms with Crippen LogP contribution < -0.4 is 15.1 Å². The lowest BCUT2D eigenvalue weighted by Gasteiger charge is -2.53. The van der Waals surface area contributed by atoms with Crippen molar-refractivity contribution in [1.29, 1.82) is 5.26 Å². The number of hydrogen-bond acceptors (Lipinski definition) is 7. The van der Waals surface area contributed by atoms with Gasteiger partial charge in [0.05, 0.1) is 29.7 Å². The zero-order valence-electron chi connectivity index (χ0n) is 20.7. The number of benzene rings is 2. The van der Waals surface area contributed by atoms with Gasteiger partial charge in [0.25, 0.3) is 5.91 Å². The van der Waals surface area contributed by atoms with Crippen molar-refractivity contribution in [3.05, 3.63) is 60.2 Å². The number of carbonyl (C=O) groups excluding carboxylic acids is 1. The second-order valence-corrected chi connectivity index (χ2v) is 10.5. The third-order valence-electron chi connectivity index (χ3n) is 7.19. The molecule has 2 aromatic carbocycles. The Labute approximate surface area is 212 Å². The number of halogens is 1. The molecule has 10 heteroatoms. The molecule has 1 atom stereocenters. The van der Waals surface area contributed by atoms with Crippen LogP contribution >= 0.6 is 0 Å². The van der Waals surface area contributed by atoms with Gasteiger partial charge in [-0.15, -0.1) is 0 Å². The first-order chi connectivity index (χ1) is 17.7. The van der Waals surface area contributed by atoms with Gasteiger partial charge in [-0.2, -0.15) is 15.3 Å². The van der Waals surface area contributed by atoms with Crippen molar-refractivity contribution < 1.29 is 9.18 Å². The van der Waals surface area contributed by atoms with E-state index in [0.29, 0.717) is 39.3 Å². The molecule has 1 fully saturated rings. The van der Waals surface area contributed by atoms with Gasteiger partial charge in [-0.25, -0.2) is 9.37 Å². The van der Waals surface area contributed by atoms with Gasteiger partial charge in [0.1, 0.15) is 17.2 Å². The maximum atomic E-state index is 14.5. The van der Waals surface area contributed by atoms with Crippen LogP contribution in [-0.2, 0) is 4.79 Å². The first-order valence-electron chi connectivity index (χ1n) is 12.1. The first-order valence-corrected chi connectivity index (χ1v) is 12.1. The minimum absolute atomic E-state index is 0.107. The highest BCUT2D eigenvalue weighted by atomic mass is 19.1. The molecular weight excluding hydrogens is 471 g/mol. The van der Waals surface area contributed by atoms with E-state index >= 15 is 0 Å². The molecule has 9 nitrogen and oxygen atoms in total. The number of fused-ring (bicyclic) bond motifs is 2. The minimum atomic E-state index is -0.471. The van der Waals surface area contributed by atoms with Crippen molar-refractivity contribution >= 4 is 45.6 Å². The standard InChI is InChI=1S/C27H25FN8O/c1-15-25(37)36(19-6-4-5-16(7-19)12-29)22-14-30-26(33-24(22)35(15)20-10-27(2,3)11-20)32-18-8-17-13-31-34-23(17)21(28)9-18/h4-9,13-15,20H,10-11H2,1-3H3,(H,31,34)(H,30,32,33). The molecule has 0 radical (unpaired) electrons. The third-order valence-corrected chi connectivity index (χ3v) is 7.19. The van der Waals surface area contributed by atoms with Crippen molar-refractivity contribution in [1.82, 2.24) is 20.2 Å². The largest absolute Gasteiger partial charge is 0.340 e. The minimum Gasteiger partial charge on any atom is -0.340 e. The highest BCUT2D eigenvalue weighted by Gasteiger charge is 2.47. The maximum Gasteiger partial charge on any atom is 0.254 e. The van der Waals surface area contributed by atoms with Crippen molar-refractivity contribution in [3.8, 4) is 6.07 Å². The number of anilines is 5. The fraction of sp³-hybridized carbons (Fsp3) is 0.296. The van der Waals surface area contributed by atoms with E-state index in [1.54, 1.807) is 47.6 Å². The molecule has 0 saturated heterocycles. The highest BCUT2D eigenvalue weighted by Crippen LogP contribution is 2.49. The summed E-state index contributed by atoms with van der Waals surface area (Å²) >= 11 is 0. The van der Waals surface area contributed by atoms with Crippen LogP contribution in [0.15, 0.2) is 48.8 Å². The van der Waals surface area contributed by atoms with E-state index < -0.39 is 11.9 Å². The summed E-state index contributed by atoms with van der Waals surface area (Å²) in [6.07, 6.45) is 5.03. The predicted octanol–water partition coefficient (Wildman–Crippen LogP) is 5.17. The molecule has 6 rings (SSSR count). The molecule has 1 unspecified atom stereocenters. The summed E-state index contributed by atoms with van der Waals surface area (Å²) in [4.78, 5) is 26.7. The second-order valence-electron chi connectivity index (χ2n) is 10.5. The van der Waals surface area contributed by atoms with Crippen molar-refractivity contribution in [3.63, 3.8) is 0 Å². The van der Waals surface area contributed by atoms with Gasteiger partial charge >= 0.3 is 0 Å². The summed E-state index contributed by atoms with van der Waals surface area (Å²) in [6.45, 7) is 6.32. The fourth-order valence-electron chi connectivity index (χ4n) is 5.48. The van der Waals surface area contributed by atoms with E-state index in [1.807, 2.05) is 6.92 Å². The van der Waals surface area contributed by atoms with Crippen LogP contribution in [0.5, 0.6) is 0 Å². The van der Waals surface area contributed by atoms with Crippen LogP contribution in [-0.4, -0.2) is 38.2 Å². The summed E-state index contributed by atoms with van der Waals surface area (Å²) in [5.41, 5.74) is 2.60. The quantitative estimate of drug-likeness (QED) is 0.401. The number of nitriles is 1. The Kier molecular flexibility index (Phi) is 5.12. The van der Waals surface area contributed by atoms with Crippen LogP contribution in [0.25, 0.3) is 10.9 Å². The van der Waals surface area contributed by atoms with Gasteiger partial charge in [-0.1, -0.05) is 19.9 Å². The molecule has 2 aromatic heterocycles. The van der Waals surface area contributed by atoms with Crippen molar-refractivity contribution in [2.45, 2.75) is 45.7 Å². The van der Waals surface area contributed by atoms with Crippen LogP contribution in [0.2, 0.25) is 0 Å². The van der Waals surface area contributed by atoms with E-state index in [1.165, 1.54) is 6.07 Å². The Bertz CT molecular complexity index is 1580. The third kappa shape index (κ3) is 3.83. The smallest absolute Gasteiger partial charge is 0.254 e. The Balaban J connectivity index is 1.44. The molecule has 1 saturated carbocycles. The summed E-state index contributed by atoms with van der Waals surface area (Å²) in [5.74, 6) is 0.370. The van der Waals surface area contributed by atoms with Gasteiger partial charge in [-0.05, 0) is 55.5 Å². The topological polar surface area (TPSA) is 114 Å². The SMILES string of the molecule is CC1C(=O)N(c2cccc(C#N)c2)c2cnc(Nc3cc(F)c4[nH]ncc4c3)nc2N1C1CC(C)(C)C1. The molecule has 0 spiro atoms. The van der Waals surface area contributed by atoms with E-state index in [0.717, 1.165) is 12.8 Å². The number of carbonyl (C=O) groups is 1. The van der Waals surface area contributed by atoms with Crippen LogP contribution in [0.1, 0.15) is 39.2 Å². The van der Waals surface area contributed by atoms with E-state index in [9.17, 15) is 14.4 Å². The van der Waals surface area contributed by atoms with Gasteiger partial charge in [0, 0.05) is 17.1 Å². The molecule has 186 valence electrons. The van der Waals surface area contributed by atoms with E-state index in [2.05, 4.69) is 45.3 Å². The van der Waals surface area contributed by atoms with Crippen LogP contribution in [0.3, 0.4) is 0 Å². The van der Waals surface area contributed by atoms with E-state index in [-0.39, 0.29) is 23.3 Å². The van der Waals surface area contributed by atoms with Crippen LogP contribution in [0, 0.1) is 22.6 Å². The number of nitrogens with one attached hydrogen (secondary N) is 2. The molecule has 1 amide bonds. The number of rotatable bonds is 4. The lowest BCUT2D eigenvalue weighted by atomic mass is 9.67. The Morgan fingerprint density at radius 2 is 2.03 bits per heavy atom. The Hall–Kier alpha value is -4.52. The first kappa shape index (κ1) is 22.9. The zero-order chi connectivity index (χ0) is 25.9. The number of H-pyrrole nitrogens is 1. The molecule has 1 aliphatic heterocycles. The normalized spacial score (nSPS) is 18.9. The molecule has 0 bridgehead atoms. The molecule has 1 aliphatic carbocycles. The lowest BCUT2D eigenvalue weighted by molar-refractivity contribution is -0.119. The van der Waals surface area contributed by atoms with Gasteiger partial charge in [0.2, 0.25) is 5.95 Å². The molecule has 2 N–H and O–H groups in total. The lowest BCUT2D eigenvalue weighted by Crippen LogP contribution is -2.59. The summed E-state index contributed by atoms with van der Waals surface area (Å²) in [5, 5.41) is 19.7. The van der Waals surface area contributed by atoms with E-state index in [4.69, 9.17) is 4.98 Å². The maximum absolute atomic E-state index is 14.5. The zero-order valence-corrected chi connectivity index (χ0v) is 20.7. The number of nitrogens with zero attached hydrogens (tertiary/aromatic N) is 6. The van der Waals surface area contributed by atoms with Gasteiger partial charge in [0.15, 0.2) is 11.6 Å². The molecule has 2 aliphatic rings. The molecule has 4 aromatic rings. The Morgan fingerprint density at radius 3 is 2.78 bits per heavy atom. The predicted molar refractivity (Wildman–Crippen MR) is 138 cm³/mol. The summed E-state index contributed by atoms with van der Waals surface area (Å²) in [6, 6.07) is 11.9. The van der Waals surface area contributed by atoms with Crippen molar-refractivity contribution in [2.24, 2.45) is 5.41 Å². The Morgan fingerprint density at radius 1 is 1.22 bits per heavy atom. The summed E-state index contributed by atoms with van der Waals surface area (Å²) in [7, 11) is 0. The second kappa shape index (κ2) is 8.27. The number of amides is 1. The summed E-state index contributed by atoms with van der Waals surface area (Å²) < 4.78 is 14.5. The van der Waals surface area contributed by atoms with Crippen LogP contribution in [0.4, 0.5) is 33.2 Å². The molecular formula is C27H25FN8O. The van der Waals surface area contributed by atoms with Gasteiger partial charge in [-0.3, -0.25) is 14.8 Å². The number of aromatic amines is 1. The molecule has 37 heavy (non-hydrogen) atoms. The van der Waals surface area contributed by atoms with Crippen molar-refractivity contribution in [2.75, 3.05) is 15.1 Å². The number of aromatic nitrogens is 4. The number of hydrogen-bond donors (Lipinski definition) is 2. The highest BCUT2D eigenvalue weighted by molar-refractivity contribution is 6.10. The average molecular weight is 497 g/mol. The average Bonchev–Trinajstić information content (AvgIpc) is 3.33.